The van der Waals surface area contributed by atoms with Gasteiger partial charge in [0.05, 0.1) is 6.54 Å². The van der Waals surface area contributed by atoms with E-state index < -0.39 is 0 Å². The summed E-state index contributed by atoms with van der Waals surface area (Å²) in [5.41, 5.74) is 3.23. The van der Waals surface area contributed by atoms with Crippen molar-refractivity contribution in [2.75, 3.05) is 18.5 Å². The van der Waals surface area contributed by atoms with Crippen LogP contribution in [0.2, 0.25) is 5.15 Å². The molecule has 0 bridgehead atoms. The van der Waals surface area contributed by atoms with Crippen LogP contribution in [0, 0.1) is 20.8 Å². The van der Waals surface area contributed by atoms with E-state index in [0.29, 0.717) is 18.3 Å². The van der Waals surface area contributed by atoms with Crippen molar-refractivity contribution in [3.8, 4) is 5.75 Å². The largest absolute Gasteiger partial charge is 0.491 e. The first-order valence-corrected chi connectivity index (χ1v) is 6.86. The smallest absolute Gasteiger partial charge is 0.137 e. The molecule has 1 aromatic carbocycles. The quantitative estimate of drug-likeness (QED) is 0.676. The fourth-order valence-corrected chi connectivity index (χ4v) is 2.03. The molecule has 4 nitrogen and oxygen atoms in total. The van der Waals surface area contributed by atoms with Gasteiger partial charge in [0, 0.05) is 5.56 Å². The van der Waals surface area contributed by atoms with Gasteiger partial charge >= 0.3 is 0 Å². The van der Waals surface area contributed by atoms with Crippen LogP contribution in [0.4, 0.5) is 5.82 Å². The van der Waals surface area contributed by atoms with E-state index in [0.717, 1.165) is 22.7 Å². The van der Waals surface area contributed by atoms with E-state index in [1.54, 1.807) is 0 Å². The Bertz CT molecular complexity index is 602. The third-order valence-electron chi connectivity index (χ3n) is 3.01. The monoisotopic (exact) mass is 291 g/mol. The van der Waals surface area contributed by atoms with Crippen LogP contribution in [-0.4, -0.2) is 23.1 Å². The van der Waals surface area contributed by atoms with Crippen molar-refractivity contribution >= 4 is 17.4 Å². The highest BCUT2D eigenvalue weighted by atomic mass is 35.5. The number of halogens is 1. The maximum Gasteiger partial charge on any atom is 0.137 e. The lowest BCUT2D eigenvalue weighted by molar-refractivity contribution is 0.330. The summed E-state index contributed by atoms with van der Waals surface area (Å²) in [7, 11) is 0. The van der Waals surface area contributed by atoms with Crippen LogP contribution >= 0.6 is 11.6 Å². The maximum absolute atomic E-state index is 5.94. The number of hydrogen-bond acceptors (Lipinski definition) is 4. The van der Waals surface area contributed by atoms with Gasteiger partial charge in [0.1, 0.15) is 29.7 Å². The second-order valence-electron chi connectivity index (χ2n) is 4.68. The lowest BCUT2D eigenvalue weighted by Gasteiger charge is -2.12. The van der Waals surface area contributed by atoms with Gasteiger partial charge in [-0.2, -0.15) is 0 Å². The molecular formula is C15H18ClN3O. The van der Waals surface area contributed by atoms with E-state index in [9.17, 15) is 0 Å². The minimum Gasteiger partial charge on any atom is -0.491 e. The highest BCUT2D eigenvalue weighted by Gasteiger charge is 2.04. The topological polar surface area (TPSA) is 47.0 Å². The second kappa shape index (κ2) is 6.57. The summed E-state index contributed by atoms with van der Waals surface area (Å²) < 4.78 is 5.74. The SMILES string of the molecule is Cc1ccc(OCCNc2ncnc(Cl)c2C)c(C)c1. The van der Waals surface area contributed by atoms with Gasteiger partial charge in [0.25, 0.3) is 0 Å². The van der Waals surface area contributed by atoms with Crippen molar-refractivity contribution in [3.05, 3.63) is 46.4 Å². The molecule has 0 spiro atoms. The predicted octanol–water partition coefficient (Wildman–Crippen LogP) is 3.55. The van der Waals surface area contributed by atoms with E-state index in [4.69, 9.17) is 16.3 Å². The molecule has 0 saturated carbocycles. The van der Waals surface area contributed by atoms with Crippen LogP contribution in [0.1, 0.15) is 16.7 Å². The molecule has 0 amide bonds. The van der Waals surface area contributed by atoms with Gasteiger partial charge in [-0.1, -0.05) is 29.3 Å². The number of aryl methyl sites for hydroxylation is 2. The Morgan fingerprint density at radius 2 is 2.00 bits per heavy atom. The van der Waals surface area contributed by atoms with Crippen LogP contribution < -0.4 is 10.1 Å². The van der Waals surface area contributed by atoms with Gasteiger partial charge in [-0.3, -0.25) is 0 Å². The zero-order chi connectivity index (χ0) is 14.5. The third kappa shape index (κ3) is 3.61. The average Bonchev–Trinajstić information content (AvgIpc) is 2.41. The summed E-state index contributed by atoms with van der Waals surface area (Å²) in [6.45, 7) is 7.21. The van der Waals surface area contributed by atoms with Crippen LogP contribution in [-0.2, 0) is 0 Å². The van der Waals surface area contributed by atoms with Crippen LogP contribution in [0.25, 0.3) is 0 Å². The molecule has 1 N–H and O–H groups in total. The molecule has 0 fully saturated rings. The zero-order valence-corrected chi connectivity index (χ0v) is 12.7. The first-order chi connectivity index (χ1) is 9.58. The molecule has 0 atom stereocenters. The molecule has 5 heteroatoms. The first kappa shape index (κ1) is 14.6. The van der Waals surface area contributed by atoms with Crippen molar-refractivity contribution in [3.63, 3.8) is 0 Å². The normalized spacial score (nSPS) is 10.4. The Balaban J connectivity index is 1.86. The number of ether oxygens (including phenoxy) is 1. The van der Waals surface area contributed by atoms with Crippen molar-refractivity contribution < 1.29 is 4.74 Å². The zero-order valence-electron chi connectivity index (χ0n) is 11.9. The van der Waals surface area contributed by atoms with Gasteiger partial charge in [0.2, 0.25) is 0 Å². The number of anilines is 1. The summed E-state index contributed by atoms with van der Waals surface area (Å²) in [5, 5.41) is 3.66. The maximum atomic E-state index is 5.94. The minimum atomic E-state index is 0.470. The van der Waals surface area contributed by atoms with E-state index in [1.807, 2.05) is 26.0 Å². The Morgan fingerprint density at radius 3 is 2.75 bits per heavy atom. The number of rotatable bonds is 5. The standard InChI is InChI=1S/C15H18ClN3O/c1-10-4-5-13(11(2)8-10)20-7-6-17-15-12(3)14(16)18-9-19-15/h4-5,8-9H,6-7H2,1-3H3,(H,17,18,19). The van der Waals surface area contributed by atoms with Crippen LogP contribution in [0.3, 0.4) is 0 Å². The van der Waals surface area contributed by atoms with Crippen molar-refractivity contribution in [2.45, 2.75) is 20.8 Å². The van der Waals surface area contributed by atoms with Gasteiger partial charge in [-0.25, -0.2) is 9.97 Å². The second-order valence-corrected chi connectivity index (χ2v) is 5.04. The molecule has 0 aliphatic heterocycles. The van der Waals surface area contributed by atoms with E-state index in [-0.39, 0.29) is 0 Å². The summed E-state index contributed by atoms with van der Waals surface area (Å²) in [4.78, 5) is 8.07. The van der Waals surface area contributed by atoms with Crippen LogP contribution in [0.5, 0.6) is 5.75 Å². The Hall–Kier alpha value is -1.81. The molecule has 0 radical (unpaired) electrons. The number of nitrogens with zero attached hydrogens (tertiary/aromatic N) is 2. The summed E-state index contributed by atoms with van der Waals surface area (Å²) in [6, 6.07) is 6.15. The Morgan fingerprint density at radius 1 is 1.20 bits per heavy atom. The van der Waals surface area contributed by atoms with E-state index in [1.165, 1.54) is 11.9 Å². The molecule has 0 unspecified atom stereocenters. The molecule has 2 aromatic rings. The van der Waals surface area contributed by atoms with Crippen molar-refractivity contribution in [1.29, 1.82) is 0 Å². The highest BCUT2D eigenvalue weighted by Crippen LogP contribution is 2.19. The van der Waals surface area contributed by atoms with E-state index in [2.05, 4.69) is 28.3 Å². The minimum absolute atomic E-state index is 0.470. The molecule has 0 saturated heterocycles. The summed E-state index contributed by atoms with van der Waals surface area (Å²) in [6.07, 6.45) is 1.45. The van der Waals surface area contributed by atoms with Crippen molar-refractivity contribution in [2.24, 2.45) is 0 Å². The molecule has 0 aliphatic rings. The molecule has 1 aromatic heterocycles. The van der Waals surface area contributed by atoms with Gasteiger partial charge in [0.15, 0.2) is 0 Å². The molecule has 2 rings (SSSR count). The Kier molecular flexibility index (Phi) is 4.79. The first-order valence-electron chi connectivity index (χ1n) is 6.49. The molecule has 0 aliphatic carbocycles. The number of aromatic nitrogens is 2. The fraction of sp³-hybridized carbons (Fsp3) is 0.333. The molecule has 20 heavy (non-hydrogen) atoms. The van der Waals surface area contributed by atoms with Gasteiger partial charge < -0.3 is 10.1 Å². The molecule has 106 valence electrons. The number of hydrogen-bond donors (Lipinski definition) is 1. The van der Waals surface area contributed by atoms with Crippen LogP contribution in [0.15, 0.2) is 24.5 Å². The van der Waals surface area contributed by atoms with E-state index >= 15 is 0 Å². The molecular weight excluding hydrogens is 274 g/mol. The highest BCUT2D eigenvalue weighted by molar-refractivity contribution is 6.30. The lowest BCUT2D eigenvalue weighted by atomic mass is 10.1. The third-order valence-corrected chi connectivity index (χ3v) is 3.39. The van der Waals surface area contributed by atoms with Gasteiger partial charge in [-0.15, -0.1) is 0 Å². The molecule has 1 heterocycles. The van der Waals surface area contributed by atoms with Gasteiger partial charge in [-0.05, 0) is 32.4 Å². The summed E-state index contributed by atoms with van der Waals surface area (Å²) in [5.74, 6) is 1.66. The number of benzene rings is 1. The van der Waals surface area contributed by atoms with Crippen molar-refractivity contribution in [1.82, 2.24) is 9.97 Å². The predicted molar refractivity (Wildman–Crippen MR) is 81.7 cm³/mol. The lowest BCUT2D eigenvalue weighted by Crippen LogP contribution is -2.13. The Labute approximate surface area is 124 Å². The number of nitrogens with one attached hydrogen (secondary N) is 1. The fourth-order valence-electron chi connectivity index (χ4n) is 1.90. The average molecular weight is 292 g/mol. The summed E-state index contributed by atoms with van der Waals surface area (Å²) >= 11 is 5.94.